The fraction of sp³-hybridized carbons (Fsp3) is 0.250. The lowest BCUT2D eigenvalue weighted by atomic mass is 10.1. The molecule has 1 atom stereocenters. The van der Waals surface area contributed by atoms with E-state index in [0.29, 0.717) is 39.2 Å². The Hall–Kier alpha value is -2.90. The molecule has 0 spiro atoms. The highest BCUT2D eigenvalue weighted by Gasteiger charge is 2.20. The van der Waals surface area contributed by atoms with E-state index >= 15 is 0 Å². The SMILES string of the molecule is COc1cc(-c2cc3cc(C(C)N(O)C(=O)Cl)ccc3o2)cc(OC)c1OC. The molecule has 0 aliphatic rings. The van der Waals surface area contributed by atoms with Crippen LogP contribution >= 0.6 is 11.6 Å². The van der Waals surface area contributed by atoms with Gasteiger partial charge in [-0.3, -0.25) is 10.0 Å². The monoisotopic (exact) mass is 405 g/mol. The average Bonchev–Trinajstić information content (AvgIpc) is 3.14. The number of furan rings is 1. The average molecular weight is 406 g/mol. The van der Waals surface area contributed by atoms with Crippen molar-refractivity contribution < 1.29 is 28.6 Å². The van der Waals surface area contributed by atoms with Crippen molar-refractivity contribution >= 4 is 27.9 Å². The second-order valence-corrected chi connectivity index (χ2v) is 6.42. The number of hydrogen-bond donors (Lipinski definition) is 1. The van der Waals surface area contributed by atoms with E-state index in [4.69, 9.17) is 30.2 Å². The van der Waals surface area contributed by atoms with Crippen molar-refractivity contribution in [2.24, 2.45) is 0 Å². The summed E-state index contributed by atoms with van der Waals surface area (Å²) in [4.78, 5) is 11.2. The Bertz CT molecular complexity index is 990. The number of halogens is 1. The van der Waals surface area contributed by atoms with Crippen LogP contribution in [0, 0.1) is 0 Å². The molecule has 0 saturated carbocycles. The summed E-state index contributed by atoms with van der Waals surface area (Å²) in [6.07, 6.45) is 0. The summed E-state index contributed by atoms with van der Waals surface area (Å²) in [5.74, 6) is 2.13. The molecule has 8 heteroatoms. The summed E-state index contributed by atoms with van der Waals surface area (Å²) >= 11 is 5.34. The Kier molecular flexibility index (Phi) is 5.67. The highest BCUT2D eigenvalue weighted by Crippen LogP contribution is 2.42. The van der Waals surface area contributed by atoms with Crippen LogP contribution in [-0.4, -0.2) is 37.0 Å². The molecule has 0 bridgehead atoms. The first-order chi connectivity index (χ1) is 13.4. The lowest BCUT2D eigenvalue weighted by Gasteiger charge is -2.20. The zero-order chi connectivity index (χ0) is 20.4. The number of ether oxygens (including phenoxy) is 3. The standard InChI is InChI=1S/C20H20ClNO6/c1-11(22(24)20(21)23)12-5-6-15-13(7-12)8-16(28-15)14-9-17(25-2)19(27-4)18(10-14)26-3/h5-11,24H,1-4H3. The first-order valence-corrected chi connectivity index (χ1v) is 8.78. The van der Waals surface area contributed by atoms with E-state index in [1.807, 2.05) is 12.1 Å². The lowest BCUT2D eigenvalue weighted by molar-refractivity contribution is -0.0642. The molecule has 7 nitrogen and oxygen atoms in total. The van der Waals surface area contributed by atoms with Crippen molar-refractivity contribution in [3.05, 3.63) is 42.0 Å². The van der Waals surface area contributed by atoms with Crippen molar-refractivity contribution in [3.63, 3.8) is 0 Å². The van der Waals surface area contributed by atoms with Crippen LogP contribution in [0.1, 0.15) is 18.5 Å². The van der Waals surface area contributed by atoms with E-state index in [9.17, 15) is 10.0 Å². The summed E-state index contributed by atoms with van der Waals surface area (Å²) in [6, 6.07) is 10.2. The van der Waals surface area contributed by atoms with Gasteiger partial charge >= 0.3 is 5.37 Å². The fourth-order valence-corrected chi connectivity index (χ4v) is 3.13. The van der Waals surface area contributed by atoms with Gasteiger partial charge in [-0.2, -0.15) is 0 Å². The number of benzene rings is 2. The van der Waals surface area contributed by atoms with Crippen LogP contribution < -0.4 is 14.2 Å². The number of carbonyl (C=O) groups excluding carboxylic acids is 1. The van der Waals surface area contributed by atoms with Crippen LogP contribution in [0.5, 0.6) is 17.2 Å². The van der Waals surface area contributed by atoms with E-state index in [1.54, 1.807) is 52.5 Å². The molecule has 1 aromatic heterocycles. The molecule has 0 fully saturated rings. The van der Waals surface area contributed by atoms with Gasteiger partial charge in [0.25, 0.3) is 0 Å². The minimum Gasteiger partial charge on any atom is -0.493 e. The summed E-state index contributed by atoms with van der Waals surface area (Å²) < 4.78 is 22.1. The molecule has 1 unspecified atom stereocenters. The summed E-state index contributed by atoms with van der Waals surface area (Å²) in [7, 11) is 4.64. The fourth-order valence-electron chi connectivity index (χ4n) is 2.98. The molecule has 1 amide bonds. The van der Waals surface area contributed by atoms with Gasteiger partial charge in [0.15, 0.2) is 11.5 Å². The maximum Gasteiger partial charge on any atom is 0.340 e. The molecule has 148 valence electrons. The van der Waals surface area contributed by atoms with E-state index in [-0.39, 0.29) is 0 Å². The molecule has 0 aliphatic carbocycles. The first kappa shape index (κ1) is 19.9. The Balaban J connectivity index is 2.04. The van der Waals surface area contributed by atoms with E-state index in [1.165, 1.54) is 0 Å². The summed E-state index contributed by atoms with van der Waals surface area (Å²) in [5, 5.41) is 10.1. The van der Waals surface area contributed by atoms with Crippen LogP contribution in [-0.2, 0) is 0 Å². The molecule has 28 heavy (non-hydrogen) atoms. The lowest BCUT2D eigenvalue weighted by Crippen LogP contribution is -2.25. The molecule has 2 aromatic carbocycles. The number of methoxy groups -OCH3 is 3. The van der Waals surface area contributed by atoms with Gasteiger partial charge in [0.2, 0.25) is 5.75 Å². The summed E-state index contributed by atoms with van der Waals surface area (Å²) in [6.45, 7) is 1.67. The zero-order valence-corrected chi connectivity index (χ0v) is 16.6. The summed E-state index contributed by atoms with van der Waals surface area (Å²) in [5.41, 5.74) is 2.11. The van der Waals surface area contributed by atoms with Crippen molar-refractivity contribution in [3.8, 4) is 28.6 Å². The third kappa shape index (κ3) is 3.58. The predicted molar refractivity (Wildman–Crippen MR) is 105 cm³/mol. The van der Waals surface area contributed by atoms with Gasteiger partial charge in [-0.25, -0.2) is 5.06 Å². The minimum atomic E-state index is -0.946. The Labute approximate surface area is 166 Å². The van der Waals surface area contributed by atoms with E-state index in [0.717, 1.165) is 10.9 Å². The first-order valence-electron chi connectivity index (χ1n) is 8.41. The molecule has 0 aliphatic heterocycles. The van der Waals surface area contributed by atoms with Gasteiger partial charge in [-0.1, -0.05) is 6.07 Å². The van der Waals surface area contributed by atoms with Gasteiger partial charge in [0, 0.05) is 10.9 Å². The number of amides is 1. The third-order valence-corrected chi connectivity index (χ3v) is 4.69. The highest BCUT2D eigenvalue weighted by molar-refractivity contribution is 6.62. The highest BCUT2D eigenvalue weighted by atomic mass is 35.5. The second kappa shape index (κ2) is 8.00. The number of rotatable bonds is 6. The minimum absolute atomic E-state index is 0.475. The Morgan fingerprint density at radius 1 is 1.07 bits per heavy atom. The van der Waals surface area contributed by atoms with Gasteiger partial charge < -0.3 is 18.6 Å². The van der Waals surface area contributed by atoms with E-state index < -0.39 is 11.4 Å². The predicted octanol–water partition coefficient (Wildman–Crippen LogP) is 5.24. The molecular formula is C20H20ClNO6. The van der Waals surface area contributed by atoms with Crippen LogP contribution in [0.15, 0.2) is 40.8 Å². The number of hydrogen-bond acceptors (Lipinski definition) is 6. The van der Waals surface area contributed by atoms with Crippen molar-refractivity contribution in [2.75, 3.05) is 21.3 Å². The van der Waals surface area contributed by atoms with Crippen LogP contribution in [0.25, 0.3) is 22.3 Å². The van der Waals surface area contributed by atoms with Gasteiger partial charge in [0.1, 0.15) is 11.3 Å². The zero-order valence-electron chi connectivity index (χ0n) is 15.9. The molecular weight excluding hydrogens is 386 g/mol. The van der Waals surface area contributed by atoms with Gasteiger partial charge in [-0.05, 0) is 54.4 Å². The Morgan fingerprint density at radius 3 is 2.25 bits per heavy atom. The van der Waals surface area contributed by atoms with Crippen molar-refractivity contribution in [2.45, 2.75) is 13.0 Å². The normalized spacial score (nSPS) is 11.9. The maximum atomic E-state index is 11.2. The molecule has 3 rings (SSSR count). The molecule has 0 saturated heterocycles. The molecule has 3 aromatic rings. The number of carbonyl (C=O) groups is 1. The number of nitrogens with zero attached hydrogens (tertiary/aromatic N) is 1. The quantitative estimate of drug-likeness (QED) is 0.261. The van der Waals surface area contributed by atoms with Crippen LogP contribution in [0.4, 0.5) is 4.79 Å². The maximum absolute atomic E-state index is 11.2. The molecule has 0 radical (unpaired) electrons. The molecule has 1 heterocycles. The van der Waals surface area contributed by atoms with Gasteiger partial charge in [0.05, 0.1) is 27.4 Å². The largest absolute Gasteiger partial charge is 0.493 e. The smallest absolute Gasteiger partial charge is 0.340 e. The number of fused-ring (bicyclic) bond motifs is 1. The van der Waals surface area contributed by atoms with Crippen molar-refractivity contribution in [1.29, 1.82) is 0 Å². The molecule has 1 N–H and O–H groups in total. The van der Waals surface area contributed by atoms with Gasteiger partial charge in [-0.15, -0.1) is 0 Å². The Morgan fingerprint density at radius 2 is 1.71 bits per heavy atom. The third-order valence-electron chi connectivity index (χ3n) is 4.52. The van der Waals surface area contributed by atoms with Crippen LogP contribution in [0.2, 0.25) is 0 Å². The van der Waals surface area contributed by atoms with E-state index in [2.05, 4.69) is 0 Å². The topological polar surface area (TPSA) is 81.4 Å². The second-order valence-electron chi connectivity index (χ2n) is 6.10. The number of hydroxylamine groups is 2. The van der Waals surface area contributed by atoms with Crippen molar-refractivity contribution in [1.82, 2.24) is 5.06 Å². The van der Waals surface area contributed by atoms with Crippen LogP contribution in [0.3, 0.4) is 0 Å².